The minimum atomic E-state index is -0.317. The first-order valence-corrected chi connectivity index (χ1v) is 6.92. The van der Waals surface area contributed by atoms with Crippen molar-refractivity contribution in [2.45, 2.75) is 6.92 Å². The highest BCUT2D eigenvalue weighted by atomic mass is 79.9. The Morgan fingerprint density at radius 2 is 2.22 bits per heavy atom. The highest BCUT2D eigenvalue weighted by molar-refractivity contribution is 9.10. The van der Waals surface area contributed by atoms with Crippen molar-refractivity contribution in [1.82, 2.24) is 0 Å². The molecule has 0 spiro atoms. The number of ether oxygens (including phenoxy) is 2. The number of benzene rings is 1. The third-order valence-corrected chi connectivity index (χ3v) is 4.37. The fraction of sp³-hybridized carbons (Fsp3) is 0.250. The summed E-state index contributed by atoms with van der Waals surface area (Å²) in [5, 5.41) is 0.890. The molecular formula is C12H12BrNO3S. The maximum atomic E-state index is 11.7. The zero-order valence-corrected chi connectivity index (χ0v) is 12.4. The summed E-state index contributed by atoms with van der Waals surface area (Å²) in [4.78, 5) is 12.2. The minimum absolute atomic E-state index is 0.317. The molecule has 0 saturated heterocycles. The van der Waals surface area contributed by atoms with Crippen LogP contribution in [0.4, 0.5) is 5.69 Å². The van der Waals surface area contributed by atoms with Gasteiger partial charge in [0.25, 0.3) is 0 Å². The van der Waals surface area contributed by atoms with Gasteiger partial charge in [-0.2, -0.15) is 0 Å². The van der Waals surface area contributed by atoms with Crippen LogP contribution < -0.4 is 10.5 Å². The number of thiophene rings is 1. The van der Waals surface area contributed by atoms with Crippen molar-refractivity contribution >= 4 is 49.0 Å². The predicted molar refractivity (Wildman–Crippen MR) is 76.4 cm³/mol. The van der Waals surface area contributed by atoms with Gasteiger partial charge in [-0.25, -0.2) is 4.79 Å². The number of methoxy groups -OCH3 is 1. The van der Waals surface area contributed by atoms with E-state index in [1.165, 1.54) is 11.3 Å². The van der Waals surface area contributed by atoms with Crippen molar-refractivity contribution in [2.24, 2.45) is 0 Å². The molecule has 1 aromatic heterocycles. The van der Waals surface area contributed by atoms with Crippen LogP contribution in [-0.4, -0.2) is 19.7 Å². The van der Waals surface area contributed by atoms with Crippen molar-refractivity contribution in [3.05, 3.63) is 21.5 Å². The Hall–Kier alpha value is -1.27. The summed E-state index contributed by atoms with van der Waals surface area (Å²) >= 11 is 4.78. The topological polar surface area (TPSA) is 61.5 Å². The van der Waals surface area contributed by atoms with Gasteiger partial charge < -0.3 is 15.2 Å². The van der Waals surface area contributed by atoms with Gasteiger partial charge in [0, 0.05) is 16.2 Å². The first-order valence-electron chi connectivity index (χ1n) is 5.31. The van der Waals surface area contributed by atoms with Gasteiger partial charge in [-0.05, 0) is 28.9 Å². The average Bonchev–Trinajstić information content (AvgIpc) is 2.78. The Morgan fingerprint density at radius 3 is 2.83 bits per heavy atom. The first-order chi connectivity index (χ1) is 8.58. The Kier molecular flexibility index (Phi) is 3.77. The molecule has 18 heavy (non-hydrogen) atoms. The molecule has 2 aromatic rings. The molecule has 0 bridgehead atoms. The summed E-state index contributed by atoms with van der Waals surface area (Å²) in [6.07, 6.45) is 0. The number of fused-ring (bicyclic) bond motifs is 1. The maximum Gasteiger partial charge on any atom is 0.348 e. The number of nitrogens with two attached hydrogens (primary N) is 1. The number of hydrogen-bond donors (Lipinski definition) is 1. The molecule has 96 valence electrons. The summed E-state index contributed by atoms with van der Waals surface area (Å²) in [6, 6.07) is 3.60. The van der Waals surface area contributed by atoms with Crippen LogP contribution in [0.5, 0.6) is 5.75 Å². The summed E-state index contributed by atoms with van der Waals surface area (Å²) in [5.74, 6) is 0.273. The highest BCUT2D eigenvalue weighted by Crippen LogP contribution is 2.40. The van der Waals surface area contributed by atoms with Crippen LogP contribution in [0.2, 0.25) is 0 Å². The second-order valence-electron chi connectivity index (χ2n) is 3.55. The first kappa shape index (κ1) is 13.2. The summed E-state index contributed by atoms with van der Waals surface area (Å²) in [5.41, 5.74) is 6.45. The lowest BCUT2D eigenvalue weighted by Gasteiger charge is -2.06. The molecule has 0 saturated carbocycles. The number of nitrogen functional groups attached to an aromatic ring is 1. The molecule has 2 N–H and O–H groups in total. The standard InChI is InChI=1S/C12H12BrNO3S/c1-3-17-12(15)9-4-6-8(18-9)5-7(16-2)11(14)10(6)13/h4-5H,3,14H2,1-2H3. The lowest BCUT2D eigenvalue weighted by molar-refractivity contribution is 0.0532. The van der Waals surface area contributed by atoms with Crippen LogP contribution in [0.1, 0.15) is 16.6 Å². The van der Waals surface area contributed by atoms with Gasteiger partial charge in [0.2, 0.25) is 0 Å². The Labute approximate surface area is 117 Å². The number of rotatable bonds is 3. The van der Waals surface area contributed by atoms with Crippen molar-refractivity contribution < 1.29 is 14.3 Å². The second kappa shape index (κ2) is 5.16. The van der Waals surface area contributed by atoms with E-state index in [2.05, 4.69) is 15.9 Å². The van der Waals surface area contributed by atoms with Crippen LogP contribution in [0.15, 0.2) is 16.6 Å². The van der Waals surface area contributed by atoms with Gasteiger partial charge in [-0.3, -0.25) is 0 Å². The highest BCUT2D eigenvalue weighted by Gasteiger charge is 2.16. The Bertz CT molecular complexity index is 609. The van der Waals surface area contributed by atoms with E-state index in [1.807, 2.05) is 6.07 Å². The lowest BCUT2D eigenvalue weighted by Crippen LogP contribution is -2.01. The summed E-state index contributed by atoms with van der Waals surface area (Å²) in [7, 11) is 1.56. The minimum Gasteiger partial charge on any atom is -0.495 e. The molecule has 0 aliphatic rings. The summed E-state index contributed by atoms with van der Waals surface area (Å²) < 4.78 is 11.8. The zero-order valence-electron chi connectivity index (χ0n) is 9.95. The van der Waals surface area contributed by atoms with Crippen LogP contribution in [0.3, 0.4) is 0 Å². The largest absolute Gasteiger partial charge is 0.495 e. The van der Waals surface area contributed by atoms with E-state index in [0.717, 1.165) is 14.6 Å². The number of hydrogen-bond acceptors (Lipinski definition) is 5. The molecule has 6 heteroatoms. The number of esters is 1. The van der Waals surface area contributed by atoms with Gasteiger partial charge in [0.1, 0.15) is 10.6 Å². The Morgan fingerprint density at radius 1 is 1.50 bits per heavy atom. The van der Waals surface area contributed by atoms with Gasteiger partial charge in [-0.1, -0.05) is 0 Å². The lowest BCUT2D eigenvalue weighted by atomic mass is 10.2. The van der Waals surface area contributed by atoms with E-state index < -0.39 is 0 Å². The molecule has 0 radical (unpaired) electrons. The number of anilines is 1. The number of carbonyl (C=O) groups excluding carboxylic acids is 1. The van der Waals surface area contributed by atoms with Crippen molar-refractivity contribution in [3.63, 3.8) is 0 Å². The van der Waals surface area contributed by atoms with E-state index in [-0.39, 0.29) is 5.97 Å². The van der Waals surface area contributed by atoms with E-state index in [9.17, 15) is 4.79 Å². The van der Waals surface area contributed by atoms with Crippen LogP contribution in [0.25, 0.3) is 10.1 Å². The molecule has 0 aliphatic carbocycles. The quantitative estimate of drug-likeness (QED) is 0.692. The maximum absolute atomic E-state index is 11.7. The van der Waals surface area contributed by atoms with E-state index in [1.54, 1.807) is 20.1 Å². The Balaban J connectivity index is 2.58. The summed E-state index contributed by atoms with van der Waals surface area (Å²) in [6.45, 7) is 2.14. The third kappa shape index (κ3) is 2.18. The normalized spacial score (nSPS) is 10.6. The van der Waals surface area contributed by atoms with Gasteiger partial charge >= 0.3 is 5.97 Å². The van der Waals surface area contributed by atoms with Crippen molar-refractivity contribution in [1.29, 1.82) is 0 Å². The molecule has 2 rings (SSSR count). The zero-order chi connectivity index (χ0) is 13.3. The fourth-order valence-electron chi connectivity index (χ4n) is 1.61. The van der Waals surface area contributed by atoms with E-state index >= 15 is 0 Å². The SMILES string of the molecule is CCOC(=O)c1cc2c(Br)c(N)c(OC)cc2s1. The van der Waals surface area contributed by atoms with Crippen LogP contribution >= 0.6 is 27.3 Å². The second-order valence-corrected chi connectivity index (χ2v) is 5.43. The van der Waals surface area contributed by atoms with Gasteiger partial charge in [-0.15, -0.1) is 11.3 Å². The molecule has 0 unspecified atom stereocenters. The predicted octanol–water partition coefficient (Wildman–Crippen LogP) is 3.43. The molecular weight excluding hydrogens is 318 g/mol. The average molecular weight is 330 g/mol. The monoisotopic (exact) mass is 329 g/mol. The molecule has 1 heterocycles. The molecule has 0 atom stereocenters. The van der Waals surface area contributed by atoms with E-state index in [0.29, 0.717) is 22.9 Å². The number of carbonyl (C=O) groups is 1. The van der Waals surface area contributed by atoms with Gasteiger partial charge in [0.15, 0.2) is 0 Å². The third-order valence-electron chi connectivity index (χ3n) is 2.46. The fourth-order valence-corrected chi connectivity index (χ4v) is 3.25. The van der Waals surface area contributed by atoms with Crippen LogP contribution in [-0.2, 0) is 4.74 Å². The van der Waals surface area contributed by atoms with Crippen LogP contribution in [0, 0.1) is 0 Å². The molecule has 0 fully saturated rings. The molecule has 4 nitrogen and oxygen atoms in total. The smallest absolute Gasteiger partial charge is 0.348 e. The van der Waals surface area contributed by atoms with E-state index in [4.69, 9.17) is 15.2 Å². The molecule has 0 amide bonds. The van der Waals surface area contributed by atoms with Crippen molar-refractivity contribution in [2.75, 3.05) is 19.5 Å². The molecule has 0 aliphatic heterocycles. The number of halogens is 1. The van der Waals surface area contributed by atoms with Crippen molar-refractivity contribution in [3.8, 4) is 5.75 Å². The molecule has 1 aromatic carbocycles. The van der Waals surface area contributed by atoms with Gasteiger partial charge in [0.05, 0.1) is 23.9 Å².